The van der Waals surface area contributed by atoms with Crippen LogP contribution >= 0.6 is 0 Å². The minimum absolute atomic E-state index is 0.0318. The predicted octanol–water partition coefficient (Wildman–Crippen LogP) is -7.61. The van der Waals surface area contributed by atoms with Gasteiger partial charge in [0.05, 0.1) is 19.8 Å². The van der Waals surface area contributed by atoms with Gasteiger partial charge in [-0.25, -0.2) is 0 Å². The SMILES string of the molecule is CCO[C@H]1O[C@H](CO)[C@](O)([C@@H]2O[C@H](CO)[C@@](O)([C@@H]3O[C@H](CO)[C@H](O)[C@H](O)[C@H]3O)[C@H](O)[C@H]2O)[C@H](O)[C@@H]1NC(C)=O. The summed E-state index contributed by atoms with van der Waals surface area (Å²) in [6.45, 7) is -0.330. The first-order valence-electron chi connectivity index (χ1n) is 12.5. The van der Waals surface area contributed by atoms with Crippen molar-refractivity contribution in [3.63, 3.8) is 0 Å². The molecule has 17 nitrogen and oxygen atoms in total. The minimum Gasteiger partial charge on any atom is -0.394 e. The zero-order valence-electron chi connectivity index (χ0n) is 21.3. The Bertz CT molecular complexity index is 832. The second-order valence-corrected chi connectivity index (χ2v) is 9.99. The number of amides is 1. The van der Waals surface area contributed by atoms with Crippen LogP contribution in [0.15, 0.2) is 0 Å². The molecule has 1 amide bonds. The summed E-state index contributed by atoms with van der Waals surface area (Å²) in [6, 6.07) is -1.48. The summed E-state index contributed by atoms with van der Waals surface area (Å²) in [5.41, 5.74) is -5.75. The van der Waals surface area contributed by atoms with Gasteiger partial charge in [0.2, 0.25) is 5.91 Å². The van der Waals surface area contributed by atoms with Gasteiger partial charge in [0.1, 0.15) is 84.4 Å². The Morgan fingerprint density at radius 2 is 1.31 bits per heavy atom. The molecule has 0 unspecified atom stereocenters. The molecule has 17 heteroatoms. The average Bonchev–Trinajstić information content (AvgIpc) is 2.90. The molecule has 3 heterocycles. The lowest BCUT2D eigenvalue weighted by molar-refractivity contribution is -0.385. The Balaban J connectivity index is 2.02. The molecule has 3 rings (SSSR count). The molecule has 12 N–H and O–H groups in total. The summed E-state index contributed by atoms with van der Waals surface area (Å²) in [6.07, 6.45) is -23.7. The molecule has 228 valence electrons. The van der Waals surface area contributed by atoms with E-state index in [9.17, 15) is 61.0 Å². The van der Waals surface area contributed by atoms with Gasteiger partial charge in [-0.3, -0.25) is 4.79 Å². The van der Waals surface area contributed by atoms with E-state index in [2.05, 4.69) is 5.32 Å². The van der Waals surface area contributed by atoms with Gasteiger partial charge >= 0.3 is 0 Å². The lowest BCUT2D eigenvalue weighted by Gasteiger charge is -2.59. The van der Waals surface area contributed by atoms with E-state index in [0.29, 0.717) is 0 Å². The van der Waals surface area contributed by atoms with Crippen LogP contribution in [0, 0.1) is 0 Å². The first-order chi connectivity index (χ1) is 18.2. The fraction of sp³-hybridized carbons (Fsp3) is 0.955. The van der Waals surface area contributed by atoms with Gasteiger partial charge in [-0.15, -0.1) is 0 Å². The Morgan fingerprint density at radius 1 is 0.769 bits per heavy atom. The normalized spacial score (nSPS) is 50.9. The number of carbonyl (C=O) groups excluding carboxylic acids is 1. The van der Waals surface area contributed by atoms with E-state index in [-0.39, 0.29) is 6.61 Å². The molecule has 3 aliphatic rings. The van der Waals surface area contributed by atoms with E-state index in [1.54, 1.807) is 6.92 Å². The van der Waals surface area contributed by atoms with Crippen LogP contribution in [0.4, 0.5) is 0 Å². The first-order valence-corrected chi connectivity index (χ1v) is 12.5. The number of rotatable bonds is 8. The second kappa shape index (κ2) is 12.4. The minimum atomic E-state index is -2.94. The average molecular weight is 574 g/mol. The molecule has 0 aromatic carbocycles. The molecule has 15 atom stereocenters. The molecule has 3 saturated heterocycles. The highest BCUT2D eigenvalue weighted by Gasteiger charge is 2.70. The molecule has 0 bridgehead atoms. The molecular formula is C22H39NO16. The molecule has 0 aromatic rings. The van der Waals surface area contributed by atoms with Crippen molar-refractivity contribution in [2.75, 3.05) is 26.4 Å². The first kappa shape index (κ1) is 32.4. The third-order valence-electron chi connectivity index (χ3n) is 7.69. The van der Waals surface area contributed by atoms with E-state index in [1.807, 2.05) is 0 Å². The van der Waals surface area contributed by atoms with Crippen molar-refractivity contribution in [3.8, 4) is 0 Å². The number of aliphatic hydroxyl groups excluding tert-OH is 9. The van der Waals surface area contributed by atoms with Crippen molar-refractivity contribution in [3.05, 3.63) is 0 Å². The van der Waals surface area contributed by atoms with Gasteiger partial charge in [0, 0.05) is 13.5 Å². The van der Waals surface area contributed by atoms with Gasteiger partial charge in [0.25, 0.3) is 0 Å². The zero-order chi connectivity index (χ0) is 29.4. The molecule has 0 aliphatic carbocycles. The highest BCUT2D eigenvalue weighted by Crippen LogP contribution is 2.44. The van der Waals surface area contributed by atoms with Crippen LogP contribution in [-0.2, 0) is 23.7 Å². The van der Waals surface area contributed by atoms with Crippen LogP contribution in [0.3, 0.4) is 0 Å². The lowest BCUT2D eigenvalue weighted by Crippen LogP contribution is -2.82. The fourth-order valence-electron chi connectivity index (χ4n) is 5.62. The molecule has 3 fully saturated rings. The maximum Gasteiger partial charge on any atom is 0.217 e. The molecule has 39 heavy (non-hydrogen) atoms. The molecule has 3 aliphatic heterocycles. The van der Waals surface area contributed by atoms with Crippen molar-refractivity contribution in [2.45, 2.75) is 105 Å². The maximum absolute atomic E-state index is 11.8. The van der Waals surface area contributed by atoms with Crippen molar-refractivity contribution in [1.29, 1.82) is 0 Å². The topological polar surface area (TPSA) is 289 Å². The Labute approximate surface area is 222 Å². The zero-order valence-corrected chi connectivity index (χ0v) is 21.3. The van der Waals surface area contributed by atoms with Crippen molar-refractivity contribution < 1.29 is 79.9 Å². The van der Waals surface area contributed by atoms with Crippen molar-refractivity contribution in [2.24, 2.45) is 0 Å². The van der Waals surface area contributed by atoms with E-state index >= 15 is 0 Å². The third-order valence-corrected chi connectivity index (χ3v) is 7.69. The molecule has 0 saturated carbocycles. The van der Waals surface area contributed by atoms with E-state index in [1.165, 1.54) is 0 Å². The van der Waals surface area contributed by atoms with Gasteiger partial charge in [0.15, 0.2) is 6.29 Å². The van der Waals surface area contributed by atoms with Crippen LogP contribution in [0.1, 0.15) is 13.8 Å². The molecular weight excluding hydrogens is 534 g/mol. The van der Waals surface area contributed by atoms with E-state index < -0.39 is 116 Å². The van der Waals surface area contributed by atoms with Gasteiger partial charge in [-0.05, 0) is 6.92 Å². The maximum atomic E-state index is 11.8. The number of aliphatic hydroxyl groups is 11. The van der Waals surface area contributed by atoms with Crippen molar-refractivity contribution >= 4 is 5.91 Å². The Morgan fingerprint density at radius 3 is 1.82 bits per heavy atom. The Kier molecular flexibility index (Phi) is 10.3. The summed E-state index contributed by atoms with van der Waals surface area (Å²) in [5, 5.41) is 119. The van der Waals surface area contributed by atoms with Crippen LogP contribution in [0.2, 0.25) is 0 Å². The van der Waals surface area contributed by atoms with Crippen LogP contribution < -0.4 is 5.32 Å². The van der Waals surface area contributed by atoms with Gasteiger partial charge < -0.3 is 80.4 Å². The smallest absolute Gasteiger partial charge is 0.217 e. The molecule has 0 radical (unpaired) electrons. The summed E-state index contributed by atoms with van der Waals surface area (Å²) in [5.74, 6) is -0.674. The fourth-order valence-corrected chi connectivity index (χ4v) is 5.62. The summed E-state index contributed by atoms with van der Waals surface area (Å²) in [7, 11) is 0. The number of hydrogen-bond acceptors (Lipinski definition) is 16. The number of ether oxygens (including phenoxy) is 4. The summed E-state index contributed by atoms with van der Waals surface area (Å²) in [4.78, 5) is 11.8. The number of hydrogen-bond donors (Lipinski definition) is 12. The summed E-state index contributed by atoms with van der Waals surface area (Å²) >= 11 is 0. The predicted molar refractivity (Wildman–Crippen MR) is 122 cm³/mol. The van der Waals surface area contributed by atoms with Gasteiger partial charge in [-0.1, -0.05) is 0 Å². The van der Waals surface area contributed by atoms with Gasteiger partial charge in [-0.2, -0.15) is 0 Å². The number of carbonyl (C=O) groups is 1. The van der Waals surface area contributed by atoms with E-state index in [4.69, 9.17) is 18.9 Å². The number of nitrogens with one attached hydrogen (secondary N) is 1. The van der Waals surface area contributed by atoms with E-state index in [0.717, 1.165) is 6.92 Å². The standard InChI is InChI=1S/C22H39NO16/c1-3-36-20-11(23-7(2)27)16(32)21(34,10(6-26)39-20)19-15(31)17(33)22(35,9(5-25)38-19)18-14(30)13(29)12(28)8(4-24)37-18/h8-20,24-26,28-35H,3-6H2,1-2H3,(H,23,27)/t8-,9-,10-,11+,12+,13+,14-,15-,16-,17-,18-,19-,20+,21-,22+/m1/s1. The quantitative estimate of drug-likeness (QED) is 0.128. The largest absolute Gasteiger partial charge is 0.394 e. The third kappa shape index (κ3) is 5.31. The second-order valence-electron chi connectivity index (χ2n) is 9.99. The summed E-state index contributed by atoms with van der Waals surface area (Å²) < 4.78 is 21.9. The van der Waals surface area contributed by atoms with Crippen molar-refractivity contribution in [1.82, 2.24) is 5.32 Å². The molecule has 0 aromatic heterocycles. The van der Waals surface area contributed by atoms with Crippen LogP contribution in [0.5, 0.6) is 0 Å². The highest BCUT2D eigenvalue weighted by molar-refractivity contribution is 5.73. The Hall–Kier alpha value is -1.13. The highest BCUT2D eigenvalue weighted by atomic mass is 16.7. The monoisotopic (exact) mass is 573 g/mol. The van der Waals surface area contributed by atoms with Crippen LogP contribution in [-0.4, -0.2) is 179 Å². The van der Waals surface area contributed by atoms with Crippen LogP contribution in [0.25, 0.3) is 0 Å². The molecule has 0 spiro atoms. The lowest BCUT2D eigenvalue weighted by atomic mass is 9.69.